The van der Waals surface area contributed by atoms with Gasteiger partial charge in [0.05, 0.1) is 24.0 Å². The molecule has 0 radical (unpaired) electrons. The molecule has 0 saturated carbocycles. The van der Waals surface area contributed by atoms with Crippen molar-refractivity contribution in [3.63, 3.8) is 0 Å². The largest absolute Gasteiger partial charge is 0.435 e. The monoisotopic (exact) mass is 466 g/mol. The summed E-state index contributed by atoms with van der Waals surface area (Å²) in [5, 5.41) is 10.5. The lowest BCUT2D eigenvalue weighted by molar-refractivity contribution is -0.0497. The van der Waals surface area contributed by atoms with Crippen molar-refractivity contribution in [2.45, 2.75) is 40.0 Å². The molecule has 1 atom stereocenters. The third kappa shape index (κ3) is 5.81. The summed E-state index contributed by atoms with van der Waals surface area (Å²) in [4.78, 5) is 0. The van der Waals surface area contributed by atoms with Crippen LogP contribution in [-0.2, 0) is 17.7 Å². The van der Waals surface area contributed by atoms with Gasteiger partial charge in [0.25, 0.3) is 0 Å². The summed E-state index contributed by atoms with van der Waals surface area (Å²) in [6.07, 6.45) is 0. The van der Waals surface area contributed by atoms with Gasteiger partial charge in [-0.2, -0.15) is 14.0 Å². The molecule has 2 aromatic carbocycles. The van der Waals surface area contributed by atoms with Crippen molar-refractivity contribution in [2.75, 3.05) is 11.9 Å². The van der Waals surface area contributed by atoms with Crippen LogP contribution in [0.25, 0.3) is 22.2 Å². The molecule has 0 saturated heterocycles. The molecule has 6 nitrogen and oxygen atoms in total. The Hall–Kier alpha value is -3.03. The van der Waals surface area contributed by atoms with Gasteiger partial charge in [0.15, 0.2) is 11.2 Å². The highest BCUT2D eigenvalue weighted by Gasteiger charge is 2.19. The second kappa shape index (κ2) is 11.5. The number of fused-ring (bicyclic) bond motifs is 1. The average Bonchev–Trinajstić information content (AvgIpc) is 3.07. The van der Waals surface area contributed by atoms with Gasteiger partial charge in [-0.05, 0) is 50.6 Å². The standard InChI is InChI=1S/C21H22F2N4O2S.CH3F/c1-4-27-19-11-16(29-21(22)23)9-10-17(19)18(12-24)20(27)14-5-7-15(8-6-14)26-30(28)25-13(2)3;1-2/h5-11,13,21,25-26H,4H2,1-3H3;1H3. The number of ether oxygens (including phenoxy) is 1. The van der Waals surface area contributed by atoms with E-state index in [0.717, 1.165) is 5.56 Å². The molecule has 0 aliphatic heterocycles. The maximum Gasteiger partial charge on any atom is 0.387 e. The molecule has 172 valence electrons. The third-order valence-corrected chi connectivity index (χ3v) is 5.51. The quantitative estimate of drug-likeness (QED) is 0.468. The minimum Gasteiger partial charge on any atom is -0.435 e. The number of nitriles is 1. The summed E-state index contributed by atoms with van der Waals surface area (Å²) in [5.74, 6) is 0.0421. The SMILES string of the molecule is CCn1c(-c2ccc(NS(=O)NC(C)C)cc2)c(C#N)c2ccc(OC(F)F)cc21.CF. The van der Waals surface area contributed by atoms with E-state index in [4.69, 9.17) is 0 Å². The highest BCUT2D eigenvalue weighted by molar-refractivity contribution is 7.84. The number of nitrogens with one attached hydrogen (secondary N) is 2. The molecular weight excluding hydrogens is 441 g/mol. The number of hydrogen-bond donors (Lipinski definition) is 2. The Kier molecular flexibility index (Phi) is 9.11. The van der Waals surface area contributed by atoms with Crippen LogP contribution in [0.5, 0.6) is 5.75 Å². The van der Waals surface area contributed by atoms with Crippen molar-refractivity contribution < 1.29 is 22.1 Å². The van der Waals surface area contributed by atoms with Crippen molar-refractivity contribution in [1.82, 2.24) is 9.29 Å². The zero-order valence-corrected chi connectivity index (χ0v) is 19.0. The molecular formula is C22H25F3N4O2S. The fourth-order valence-corrected chi connectivity index (χ4v) is 4.13. The van der Waals surface area contributed by atoms with Crippen molar-refractivity contribution >= 4 is 27.8 Å². The molecule has 0 amide bonds. The lowest BCUT2D eigenvalue weighted by Gasteiger charge is -2.12. The first kappa shape index (κ1) is 25.2. The van der Waals surface area contributed by atoms with Gasteiger partial charge in [-0.3, -0.25) is 9.11 Å². The predicted molar refractivity (Wildman–Crippen MR) is 121 cm³/mol. The van der Waals surface area contributed by atoms with Crippen molar-refractivity contribution in [1.29, 1.82) is 5.26 Å². The van der Waals surface area contributed by atoms with Crippen LogP contribution in [0.2, 0.25) is 0 Å². The van der Waals surface area contributed by atoms with Crippen LogP contribution in [0, 0.1) is 11.3 Å². The summed E-state index contributed by atoms with van der Waals surface area (Å²) in [5.41, 5.74) is 3.25. The highest BCUT2D eigenvalue weighted by Crippen LogP contribution is 2.36. The van der Waals surface area contributed by atoms with Gasteiger partial charge in [0.2, 0.25) is 0 Å². The van der Waals surface area contributed by atoms with E-state index in [0.29, 0.717) is 41.6 Å². The summed E-state index contributed by atoms with van der Waals surface area (Å²) in [7, 11) is 0.500. The van der Waals surface area contributed by atoms with E-state index >= 15 is 0 Å². The van der Waals surface area contributed by atoms with Crippen LogP contribution in [0.4, 0.5) is 18.9 Å². The molecule has 3 aromatic rings. The lowest BCUT2D eigenvalue weighted by Crippen LogP contribution is -2.29. The van der Waals surface area contributed by atoms with E-state index in [1.807, 2.05) is 37.5 Å². The second-order valence-corrected chi connectivity index (χ2v) is 7.84. The third-order valence-electron chi connectivity index (χ3n) is 4.40. The van der Waals surface area contributed by atoms with Crippen molar-refractivity contribution in [2.24, 2.45) is 0 Å². The molecule has 32 heavy (non-hydrogen) atoms. The topological polar surface area (TPSA) is 79.1 Å². The first-order valence-corrected chi connectivity index (χ1v) is 10.9. The Morgan fingerprint density at radius 2 is 1.81 bits per heavy atom. The maximum atomic E-state index is 12.6. The molecule has 0 bridgehead atoms. The number of aryl methyl sites for hydroxylation is 1. The predicted octanol–water partition coefficient (Wildman–Crippen LogP) is 5.38. The van der Waals surface area contributed by atoms with E-state index in [9.17, 15) is 22.6 Å². The van der Waals surface area contributed by atoms with Gasteiger partial charge in [-0.25, -0.2) is 8.93 Å². The first-order chi connectivity index (χ1) is 15.3. The number of alkyl halides is 3. The molecule has 0 aliphatic carbocycles. The van der Waals surface area contributed by atoms with E-state index in [-0.39, 0.29) is 11.8 Å². The van der Waals surface area contributed by atoms with Gasteiger partial charge in [0, 0.05) is 29.7 Å². The summed E-state index contributed by atoms with van der Waals surface area (Å²) in [6.45, 7) is 3.33. The normalized spacial score (nSPS) is 11.8. The average molecular weight is 467 g/mol. The van der Waals surface area contributed by atoms with E-state index in [2.05, 4.69) is 20.3 Å². The summed E-state index contributed by atoms with van der Waals surface area (Å²) < 4.78 is 58.8. The molecule has 0 aliphatic rings. The van der Waals surface area contributed by atoms with Gasteiger partial charge < -0.3 is 9.30 Å². The smallest absolute Gasteiger partial charge is 0.387 e. The molecule has 0 fully saturated rings. The Bertz CT molecular complexity index is 1110. The molecule has 0 spiro atoms. The molecule has 10 heteroatoms. The van der Waals surface area contributed by atoms with E-state index in [1.165, 1.54) is 12.1 Å². The molecule has 2 N–H and O–H groups in total. The molecule has 3 rings (SSSR count). The maximum absolute atomic E-state index is 12.6. The summed E-state index contributed by atoms with van der Waals surface area (Å²) >= 11 is -1.42. The van der Waals surface area contributed by atoms with Crippen molar-refractivity contribution in [3.8, 4) is 23.1 Å². The summed E-state index contributed by atoms with van der Waals surface area (Å²) in [6, 6.07) is 14.1. The zero-order chi connectivity index (χ0) is 23.8. The van der Waals surface area contributed by atoms with Crippen LogP contribution >= 0.6 is 0 Å². The minimum absolute atomic E-state index is 0.0421. The number of anilines is 1. The number of benzene rings is 2. The fraction of sp³-hybridized carbons (Fsp3) is 0.318. The minimum atomic E-state index is -2.92. The number of halogens is 3. The van der Waals surface area contributed by atoms with Crippen LogP contribution in [-0.4, -0.2) is 28.6 Å². The second-order valence-electron chi connectivity index (χ2n) is 6.86. The van der Waals surface area contributed by atoms with Gasteiger partial charge in [-0.1, -0.05) is 12.1 Å². The van der Waals surface area contributed by atoms with E-state index < -0.39 is 17.8 Å². The first-order valence-electron chi connectivity index (χ1n) is 9.78. The van der Waals surface area contributed by atoms with Crippen LogP contribution in [0.15, 0.2) is 42.5 Å². The Morgan fingerprint density at radius 3 is 2.34 bits per heavy atom. The zero-order valence-electron chi connectivity index (χ0n) is 18.2. The molecule has 1 heterocycles. The van der Waals surface area contributed by atoms with Crippen LogP contribution in [0.3, 0.4) is 0 Å². The Labute approximate surface area is 187 Å². The Morgan fingerprint density at radius 1 is 1.16 bits per heavy atom. The highest BCUT2D eigenvalue weighted by atomic mass is 32.2. The number of rotatable bonds is 8. The Balaban J connectivity index is 0.00000176. The molecule has 1 unspecified atom stereocenters. The number of hydrogen-bond acceptors (Lipinski definition) is 3. The van der Waals surface area contributed by atoms with Crippen LogP contribution < -0.4 is 14.2 Å². The van der Waals surface area contributed by atoms with E-state index in [1.54, 1.807) is 18.2 Å². The van der Waals surface area contributed by atoms with Gasteiger partial charge in [-0.15, -0.1) is 0 Å². The molecule has 1 aromatic heterocycles. The van der Waals surface area contributed by atoms with Gasteiger partial charge in [0.1, 0.15) is 11.8 Å². The lowest BCUT2D eigenvalue weighted by atomic mass is 10.1. The van der Waals surface area contributed by atoms with Crippen LogP contribution in [0.1, 0.15) is 26.3 Å². The fourth-order valence-electron chi connectivity index (χ4n) is 3.29. The number of nitrogens with zero attached hydrogens (tertiary/aromatic N) is 2. The number of aromatic nitrogens is 1. The van der Waals surface area contributed by atoms with Crippen molar-refractivity contribution in [3.05, 3.63) is 48.0 Å². The van der Waals surface area contributed by atoms with Gasteiger partial charge >= 0.3 is 6.61 Å².